The predicted molar refractivity (Wildman–Crippen MR) is 90.9 cm³/mol. The molecule has 1 saturated heterocycles. The fraction of sp³-hybridized carbons (Fsp3) is 0.667. The quantitative estimate of drug-likeness (QED) is 0.850. The molecule has 2 aliphatic rings. The smallest absolute Gasteiger partial charge is 0.224 e. The van der Waals surface area contributed by atoms with Crippen LogP contribution in [0.25, 0.3) is 0 Å². The Morgan fingerprint density at radius 1 is 1.32 bits per heavy atom. The molecule has 1 atom stereocenters. The summed E-state index contributed by atoms with van der Waals surface area (Å²) in [5.74, 6) is 2.41. The molecular weight excluding hydrogens is 318 g/mol. The lowest BCUT2D eigenvalue weighted by molar-refractivity contribution is -0.132. The molecule has 7 nitrogen and oxygen atoms in total. The van der Waals surface area contributed by atoms with Crippen LogP contribution >= 0.6 is 0 Å². The van der Waals surface area contributed by atoms with Crippen LogP contribution in [0, 0.1) is 5.92 Å². The number of hydrogen-bond acceptors (Lipinski definition) is 5. The molecule has 4 rings (SSSR count). The topological polar surface area (TPSA) is 77.0 Å². The molecule has 3 heterocycles. The number of aromatic nitrogens is 4. The molecule has 0 N–H and O–H groups in total. The highest BCUT2D eigenvalue weighted by atomic mass is 16.5. The van der Waals surface area contributed by atoms with Crippen LogP contribution in [0.15, 0.2) is 17.2 Å². The van der Waals surface area contributed by atoms with Gasteiger partial charge in [0.05, 0.1) is 12.2 Å². The van der Waals surface area contributed by atoms with Crippen LogP contribution < -0.4 is 0 Å². The van der Waals surface area contributed by atoms with E-state index < -0.39 is 0 Å². The minimum atomic E-state index is 0.196. The zero-order valence-corrected chi connectivity index (χ0v) is 14.7. The van der Waals surface area contributed by atoms with Gasteiger partial charge in [-0.3, -0.25) is 9.48 Å². The van der Waals surface area contributed by atoms with Crippen LogP contribution in [0.4, 0.5) is 0 Å². The number of fused-ring (bicyclic) bond motifs is 1. The van der Waals surface area contributed by atoms with Gasteiger partial charge in [0.15, 0.2) is 0 Å². The van der Waals surface area contributed by atoms with Crippen molar-refractivity contribution in [3.05, 3.63) is 29.7 Å². The van der Waals surface area contributed by atoms with Crippen molar-refractivity contribution in [2.75, 3.05) is 13.1 Å². The van der Waals surface area contributed by atoms with Crippen molar-refractivity contribution in [2.45, 2.75) is 57.9 Å². The Bertz CT molecular complexity index is 716. The lowest BCUT2D eigenvalue weighted by Gasteiger charge is -2.31. The molecule has 1 amide bonds. The van der Waals surface area contributed by atoms with Crippen molar-refractivity contribution in [1.29, 1.82) is 0 Å². The largest absolute Gasteiger partial charge is 0.361 e. The summed E-state index contributed by atoms with van der Waals surface area (Å²) in [5.41, 5.74) is 2.52. The Balaban J connectivity index is 1.32. The Kier molecular flexibility index (Phi) is 4.55. The van der Waals surface area contributed by atoms with Crippen LogP contribution in [-0.4, -0.2) is 43.8 Å². The van der Waals surface area contributed by atoms with Gasteiger partial charge < -0.3 is 9.42 Å². The van der Waals surface area contributed by atoms with E-state index in [4.69, 9.17) is 4.52 Å². The van der Waals surface area contributed by atoms with E-state index in [2.05, 4.69) is 22.2 Å². The Labute approximate surface area is 147 Å². The summed E-state index contributed by atoms with van der Waals surface area (Å²) < 4.78 is 7.43. The maximum absolute atomic E-state index is 12.4. The summed E-state index contributed by atoms with van der Waals surface area (Å²) in [5, 5.41) is 8.35. The van der Waals surface area contributed by atoms with E-state index in [1.54, 1.807) is 11.0 Å². The summed E-state index contributed by atoms with van der Waals surface area (Å²) in [4.78, 5) is 18.3. The summed E-state index contributed by atoms with van der Waals surface area (Å²) in [6.45, 7) is 4.49. The van der Waals surface area contributed by atoms with Gasteiger partial charge in [-0.2, -0.15) is 5.10 Å². The average molecular weight is 343 g/mol. The van der Waals surface area contributed by atoms with Crippen molar-refractivity contribution in [3.63, 3.8) is 0 Å². The number of nitrogens with zero attached hydrogens (tertiary/aromatic N) is 5. The molecule has 1 unspecified atom stereocenters. The molecule has 7 heteroatoms. The molecule has 2 aromatic heterocycles. The number of rotatable bonds is 4. The van der Waals surface area contributed by atoms with Gasteiger partial charge >= 0.3 is 0 Å². The van der Waals surface area contributed by atoms with Gasteiger partial charge in [0.2, 0.25) is 5.91 Å². The molecule has 1 aliphatic heterocycles. The summed E-state index contributed by atoms with van der Waals surface area (Å²) in [7, 11) is 0. The third kappa shape index (κ3) is 3.45. The van der Waals surface area contributed by atoms with Crippen LogP contribution in [0.3, 0.4) is 0 Å². The van der Waals surface area contributed by atoms with Gasteiger partial charge in [0.25, 0.3) is 0 Å². The van der Waals surface area contributed by atoms with Gasteiger partial charge in [-0.25, -0.2) is 4.98 Å². The predicted octanol–water partition coefficient (Wildman–Crippen LogP) is 2.19. The zero-order chi connectivity index (χ0) is 17.2. The van der Waals surface area contributed by atoms with E-state index >= 15 is 0 Å². The van der Waals surface area contributed by atoms with E-state index in [0.717, 1.165) is 44.5 Å². The van der Waals surface area contributed by atoms with Crippen LogP contribution in [0.5, 0.6) is 0 Å². The Morgan fingerprint density at radius 3 is 2.92 bits per heavy atom. The molecule has 0 aromatic carbocycles. The third-order valence-electron chi connectivity index (χ3n) is 5.57. The molecule has 1 aliphatic carbocycles. The minimum absolute atomic E-state index is 0.196. The van der Waals surface area contributed by atoms with Gasteiger partial charge in [0, 0.05) is 31.0 Å². The van der Waals surface area contributed by atoms with Crippen molar-refractivity contribution in [2.24, 2.45) is 5.92 Å². The molecule has 2 aromatic rings. The fourth-order valence-electron chi connectivity index (χ4n) is 4.03. The van der Waals surface area contributed by atoms with E-state index in [1.165, 1.54) is 24.0 Å². The molecule has 1 fully saturated rings. The first-order valence-corrected chi connectivity index (χ1v) is 9.28. The number of piperidine rings is 1. The fourth-order valence-corrected chi connectivity index (χ4v) is 4.03. The van der Waals surface area contributed by atoms with Crippen LogP contribution in [0.2, 0.25) is 0 Å². The van der Waals surface area contributed by atoms with E-state index in [9.17, 15) is 4.79 Å². The maximum atomic E-state index is 12.4. The minimum Gasteiger partial charge on any atom is -0.361 e. The molecular formula is C18H25N5O2. The number of carbonyl (C=O) groups is 1. The SMILES string of the molecule is CC1CCc2noc(C3CCN(C(=O)CCn4cncn4)CC3)c2C1. The van der Waals surface area contributed by atoms with Gasteiger partial charge in [-0.05, 0) is 38.0 Å². The summed E-state index contributed by atoms with van der Waals surface area (Å²) >= 11 is 0. The Hall–Kier alpha value is -2.18. The zero-order valence-electron chi connectivity index (χ0n) is 14.7. The first-order valence-electron chi connectivity index (χ1n) is 9.28. The monoisotopic (exact) mass is 343 g/mol. The van der Waals surface area contributed by atoms with Crippen molar-refractivity contribution < 1.29 is 9.32 Å². The highest BCUT2D eigenvalue weighted by Gasteiger charge is 2.31. The maximum Gasteiger partial charge on any atom is 0.224 e. The summed E-state index contributed by atoms with van der Waals surface area (Å²) in [6, 6.07) is 0. The molecule has 25 heavy (non-hydrogen) atoms. The molecule has 0 radical (unpaired) electrons. The first-order chi connectivity index (χ1) is 12.2. The average Bonchev–Trinajstić information content (AvgIpc) is 3.29. The van der Waals surface area contributed by atoms with Crippen LogP contribution in [-0.2, 0) is 24.2 Å². The van der Waals surface area contributed by atoms with Gasteiger partial charge in [0.1, 0.15) is 18.4 Å². The number of hydrogen-bond donors (Lipinski definition) is 0. The first kappa shape index (κ1) is 16.3. The second kappa shape index (κ2) is 6.98. The lowest BCUT2D eigenvalue weighted by atomic mass is 9.83. The highest BCUT2D eigenvalue weighted by molar-refractivity contribution is 5.76. The normalized spacial score (nSPS) is 21.3. The second-order valence-corrected chi connectivity index (χ2v) is 7.38. The lowest BCUT2D eigenvalue weighted by Crippen LogP contribution is -2.38. The van der Waals surface area contributed by atoms with Crippen molar-refractivity contribution in [1.82, 2.24) is 24.8 Å². The van der Waals surface area contributed by atoms with Gasteiger partial charge in [-0.15, -0.1) is 0 Å². The van der Waals surface area contributed by atoms with E-state index in [0.29, 0.717) is 24.8 Å². The molecule has 0 spiro atoms. The van der Waals surface area contributed by atoms with Crippen molar-refractivity contribution >= 4 is 5.91 Å². The number of carbonyl (C=O) groups excluding carboxylic acids is 1. The third-order valence-corrected chi connectivity index (χ3v) is 5.57. The van der Waals surface area contributed by atoms with E-state index in [1.807, 2.05) is 4.90 Å². The number of likely N-dealkylation sites (tertiary alicyclic amines) is 1. The number of amides is 1. The van der Waals surface area contributed by atoms with Crippen molar-refractivity contribution in [3.8, 4) is 0 Å². The van der Waals surface area contributed by atoms with Crippen LogP contribution in [0.1, 0.15) is 55.5 Å². The molecule has 134 valence electrons. The highest BCUT2D eigenvalue weighted by Crippen LogP contribution is 2.36. The van der Waals surface area contributed by atoms with Gasteiger partial charge in [-0.1, -0.05) is 12.1 Å². The number of aryl methyl sites for hydroxylation is 2. The molecule has 0 saturated carbocycles. The second-order valence-electron chi connectivity index (χ2n) is 7.38. The van der Waals surface area contributed by atoms with E-state index in [-0.39, 0.29) is 5.91 Å². The standard InChI is InChI=1S/C18H25N5O2/c1-13-2-3-16-15(10-13)18(25-21-16)14-4-7-22(8-5-14)17(24)6-9-23-12-19-11-20-23/h11-14H,2-10H2,1H3. The molecule has 0 bridgehead atoms. The Morgan fingerprint density at radius 2 is 2.16 bits per heavy atom. The summed E-state index contributed by atoms with van der Waals surface area (Å²) in [6.07, 6.45) is 8.88.